The van der Waals surface area contributed by atoms with Gasteiger partial charge >= 0.3 is 0 Å². The Hall–Kier alpha value is -4.13. The number of hydrogen-bond donors (Lipinski definition) is 2. The smallest absolute Gasteiger partial charge is 0.247 e. The van der Waals surface area contributed by atoms with Gasteiger partial charge in [-0.05, 0) is 48.2 Å². The number of amides is 2. The van der Waals surface area contributed by atoms with E-state index in [1.165, 1.54) is 12.1 Å². The molecule has 1 fully saturated rings. The molecule has 1 heterocycles. The largest absolute Gasteiger partial charge is 0.496 e. The summed E-state index contributed by atoms with van der Waals surface area (Å²) < 4.78 is 19.5. The van der Waals surface area contributed by atoms with Crippen LogP contribution >= 0.6 is 0 Å². The van der Waals surface area contributed by atoms with Crippen LogP contribution in [0.15, 0.2) is 79.0 Å². The number of rotatable bonds is 9. The van der Waals surface area contributed by atoms with E-state index in [1.807, 2.05) is 54.7 Å². The van der Waals surface area contributed by atoms with Crippen LogP contribution in [0, 0.1) is 5.82 Å². The average molecular weight is 528 g/mol. The monoisotopic (exact) mass is 527 g/mol. The van der Waals surface area contributed by atoms with Gasteiger partial charge in [-0.3, -0.25) is 9.59 Å². The van der Waals surface area contributed by atoms with E-state index in [2.05, 4.69) is 10.3 Å². The number of hydrogen-bond acceptors (Lipinski definition) is 3. The Balaban J connectivity index is 1.54. The Bertz CT molecular complexity index is 1430. The molecule has 1 aliphatic carbocycles. The summed E-state index contributed by atoms with van der Waals surface area (Å²) in [4.78, 5) is 33.0. The molecule has 1 atom stereocenters. The topological polar surface area (TPSA) is 74.4 Å². The average Bonchev–Trinajstić information content (AvgIpc) is 3.37. The van der Waals surface area contributed by atoms with Gasteiger partial charge in [-0.1, -0.05) is 67.8 Å². The number of nitrogens with one attached hydrogen (secondary N) is 2. The van der Waals surface area contributed by atoms with Crippen LogP contribution in [0.1, 0.15) is 54.8 Å². The lowest BCUT2D eigenvalue weighted by molar-refractivity contribution is -0.141. The molecule has 0 bridgehead atoms. The van der Waals surface area contributed by atoms with Gasteiger partial charge in [-0.2, -0.15) is 0 Å². The number of ether oxygens (including phenoxy) is 1. The van der Waals surface area contributed by atoms with Gasteiger partial charge in [0.15, 0.2) is 0 Å². The van der Waals surface area contributed by atoms with Crippen molar-refractivity contribution < 1.29 is 18.7 Å². The highest BCUT2D eigenvalue weighted by atomic mass is 19.1. The minimum Gasteiger partial charge on any atom is -0.496 e. The molecule has 1 aliphatic rings. The first-order chi connectivity index (χ1) is 19.0. The van der Waals surface area contributed by atoms with Gasteiger partial charge in [0.25, 0.3) is 0 Å². The Morgan fingerprint density at radius 1 is 0.974 bits per heavy atom. The zero-order chi connectivity index (χ0) is 27.2. The van der Waals surface area contributed by atoms with Crippen LogP contribution in [0.4, 0.5) is 4.39 Å². The fraction of sp³-hybridized carbons (Fsp3) is 0.312. The Labute approximate surface area is 228 Å². The molecule has 39 heavy (non-hydrogen) atoms. The molecule has 3 aromatic carbocycles. The van der Waals surface area contributed by atoms with E-state index in [0.29, 0.717) is 11.3 Å². The fourth-order valence-electron chi connectivity index (χ4n) is 5.53. The van der Waals surface area contributed by atoms with E-state index in [9.17, 15) is 14.0 Å². The van der Waals surface area contributed by atoms with Crippen molar-refractivity contribution in [2.45, 2.75) is 57.2 Å². The molecule has 0 unspecified atom stereocenters. The Morgan fingerprint density at radius 2 is 1.69 bits per heavy atom. The molecule has 202 valence electrons. The highest BCUT2D eigenvalue weighted by molar-refractivity contribution is 5.92. The van der Waals surface area contributed by atoms with E-state index in [4.69, 9.17) is 4.74 Å². The van der Waals surface area contributed by atoms with Gasteiger partial charge in [0.2, 0.25) is 11.8 Å². The zero-order valence-electron chi connectivity index (χ0n) is 22.2. The van der Waals surface area contributed by atoms with Crippen molar-refractivity contribution in [1.29, 1.82) is 0 Å². The first-order valence-corrected chi connectivity index (χ1v) is 13.6. The maximum absolute atomic E-state index is 14.2. The summed E-state index contributed by atoms with van der Waals surface area (Å²) in [5.41, 5.74) is 3.14. The number of H-pyrrole nitrogens is 1. The highest BCUT2D eigenvalue weighted by Crippen LogP contribution is 2.30. The molecule has 1 aromatic heterocycles. The highest BCUT2D eigenvalue weighted by Gasteiger charge is 2.34. The first-order valence-electron chi connectivity index (χ1n) is 13.6. The number of carbonyl (C=O) groups excluding carboxylic acids is 2. The number of benzene rings is 3. The van der Waals surface area contributed by atoms with Gasteiger partial charge in [0, 0.05) is 28.7 Å². The van der Waals surface area contributed by atoms with Crippen LogP contribution in [-0.4, -0.2) is 34.8 Å². The number of methoxy groups -OCH3 is 1. The van der Waals surface area contributed by atoms with Gasteiger partial charge in [0.05, 0.1) is 20.1 Å². The number of carbonyl (C=O) groups is 2. The summed E-state index contributed by atoms with van der Waals surface area (Å²) in [7, 11) is 1.59. The lowest BCUT2D eigenvalue weighted by Gasteiger charge is -2.34. The molecule has 1 saturated carbocycles. The predicted octanol–water partition coefficient (Wildman–Crippen LogP) is 6.08. The molecular formula is C32H34FN3O3. The molecule has 0 saturated heterocycles. The zero-order valence-corrected chi connectivity index (χ0v) is 22.2. The van der Waals surface area contributed by atoms with E-state index in [1.54, 1.807) is 24.1 Å². The summed E-state index contributed by atoms with van der Waals surface area (Å²) in [5, 5.41) is 4.17. The number of fused-ring (bicyclic) bond motifs is 1. The van der Waals surface area contributed by atoms with Gasteiger partial charge < -0.3 is 19.9 Å². The minimum atomic E-state index is -0.935. The van der Waals surface area contributed by atoms with Crippen LogP contribution in [0.2, 0.25) is 0 Å². The quantitative estimate of drug-likeness (QED) is 0.277. The Kier molecular flexibility index (Phi) is 8.25. The van der Waals surface area contributed by atoms with Crippen molar-refractivity contribution in [3.63, 3.8) is 0 Å². The SMILES string of the molecule is COc1ccccc1CN(C(=O)Cc1c[nH]c2ccccc12)[C@@H](C(=O)NC1CCCCC1)c1ccc(F)cc1. The van der Waals surface area contributed by atoms with Crippen molar-refractivity contribution >= 4 is 22.7 Å². The molecule has 2 amide bonds. The van der Waals surface area contributed by atoms with Crippen LogP contribution in [0.5, 0.6) is 5.75 Å². The number of aromatic nitrogens is 1. The number of para-hydroxylation sites is 2. The second-order valence-electron chi connectivity index (χ2n) is 10.2. The lowest BCUT2D eigenvalue weighted by atomic mass is 9.94. The van der Waals surface area contributed by atoms with Gasteiger partial charge in [-0.15, -0.1) is 0 Å². The van der Waals surface area contributed by atoms with Gasteiger partial charge in [0.1, 0.15) is 17.6 Å². The van der Waals surface area contributed by atoms with Crippen LogP contribution < -0.4 is 10.1 Å². The molecule has 0 spiro atoms. The number of halogens is 1. The molecule has 2 N–H and O–H groups in total. The van der Waals surface area contributed by atoms with Crippen molar-refractivity contribution in [3.05, 3.63) is 102 Å². The van der Waals surface area contributed by atoms with Crippen LogP contribution in [-0.2, 0) is 22.6 Å². The van der Waals surface area contributed by atoms with Crippen molar-refractivity contribution in [2.75, 3.05) is 7.11 Å². The molecule has 0 radical (unpaired) electrons. The van der Waals surface area contributed by atoms with Crippen LogP contribution in [0.3, 0.4) is 0 Å². The second kappa shape index (κ2) is 12.2. The van der Waals surface area contributed by atoms with E-state index >= 15 is 0 Å². The number of nitrogens with zero attached hydrogens (tertiary/aromatic N) is 1. The van der Waals surface area contributed by atoms with Crippen molar-refractivity contribution in [3.8, 4) is 5.75 Å². The lowest BCUT2D eigenvalue weighted by Crippen LogP contribution is -2.47. The number of aromatic amines is 1. The standard InChI is InChI=1S/C32H34FN3O3/c1-39-29-14-8-5-9-23(29)21-36(30(37)19-24-20-34-28-13-7-6-12-27(24)28)31(22-15-17-25(33)18-16-22)32(38)35-26-10-3-2-4-11-26/h5-9,12-18,20,26,31,34H,2-4,10-11,19,21H2,1H3,(H,35,38)/t31-/m1/s1. The third-order valence-corrected chi connectivity index (χ3v) is 7.57. The first kappa shape index (κ1) is 26.5. The van der Waals surface area contributed by atoms with Crippen LogP contribution in [0.25, 0.3) is 10.9 Å². The molecular weight excluding hydrogens is 493 g/mol. The minimum absolute atomic E-state index is 0.0611. The summed E-state index contributed by atoms with van der Waals surface area (Å²) in [6.45, 7) is 0.158. The summed E-state index contributed by atoms with van der Waals surface area (Å²) >= 11 is 0. The van der Waals surface area contributed by atoms with E-state index < -0.39 is 11.9 Å². The van der Waals surface area contributed by atoms with E-state index in [0.717, 1.165) is 54.1 Å². The predicted molar refractivity (Wildman–Crippen MR) is 150 cm³/mol. The summed E-state index contributed by atoms with van der Waals surface area (Å²) in [6, 6.07) is 20.3. The summed E-state index contributed by atoms with van der Waals surface area (Å²) in [6.07, 6.45) is 7.08. The Morgan fingerprint density at radius 3 is 2.46 bits per heavy atom. The maximum atomic E-state index is 14.2. The fourth-order valence-corrected chi connectivity index (χ4v) is 5.53. The normalized spacial score (nSPS) is 14.6. The van der Waals surface area contributed by atoms with E-state index in [-0.39, 0.29) is 30.8 Å². The molecule has 7 heteroatoms. The molecule has 5 rings (SSSR count). The second-order valence-corrected chi connectivity index (χ2v) is 10.2. The van der Waals surface area contributed by atoms with Crippen molar-refractivity contribution in [1.82, 2.24) is 15.2 Å². The maximum Gasteiger partial charge on any atom is 0.247 e. The summed E-state index contributed by atoms with van der Waals surface area (Å²) in [5.74, 6) is -0.228. The molecule has 0 aliphatic heterocycles. The molecule has 6 nitrogen and oxygen atoms in total. The molecule has 4 aromatic rings. The van der Waals surface area contributed by atoms with Gasteiger partial charge in [-0.25, -0.2) is 4.39 Å². The third kappa shape index (κ3) is 6.14. The third-order valence-electron chi connectivity index (χ3n) is 7.57. The van der Waals surface area contributed by atoms with Crippen molar-refractivity contribution in [2.24, 2.45) is 0 Å².